The summed E-state index contributed by atoms with van der Waals surface area (Å²) in [5.74, 6) is 0.628. The molecule has 0 aliphatic rings. The van der Waals surface area contributed by atoms with Crippen LogP contribution >= 0.6 is 22.7 Å². The monoisotopic (exact) mass is 254 g/mol. The van der Waals surface area contributed by atoms with Crippen molar-refractivity contribution < 1.29 is 5.11 Å². The highest BCUT2D eigenvalue weighted by Crippen LogP contribution is 2.26. The lowest BCUT2D eigenvalue weighted by Crippen LogP contribution is -1.92. The van der Waals surface area contributed by atoms with E-state index in [0.717, 1.165) is 27.8 Å². The molecular formula is C11H14N2OS2. The van der Waals surface area contributed by atoms with Gasteiger partial charge in [0.05, 0.1) is 17.3 Å². The molecule has 0 spiro atoms. The third-order valence-corrected chi connectivity index (χ3v) is 3.85. The molecule has 5 heteroatoms. The van der Waals surface area contributed by atoms with Gasteiger partial charge in [-0.1, -0.05) is 13.8 Å². The van der Waals surface area contributed by atoms with Crippen LogP contribution in [-0.2, 0) is 13.0 Å². The number of hydrogen-bond donors (Lipinski definition) is 1. The highest BCUT2D eigenvalue weighted by atomic mass is 32.1. The molecule has 0 unspecified atom stereocenters. The molecule has 2 rings (SSSR count). The predicted molar refractivity (Wildman–Crippen MR) is 67.7 cm³/mol. The van der Waals surface area contributed by atoms with Gasteiger partial charge in [0.15, 0.2) is 0 Å². The van der Waals surface area contributed by atoms with Crippen LogP contribution in [0.1, 0.15) is 24.5 Å². The SMILES string of the molecule is CC(C)Cc1nc(-c2nc(CO)cs2)cs1. The van der Waals surface area contributed by atoms with Crippen LogP contribution in [0.3, 0.4) is 0 Å². The highest BCUT2D eigenvalue weighted by Gasteiger charge is 2.09. The molecule has 1 N–H and O–H groups in total. The van der Waals surface area contributed by atoms with Gasteiger partial charge in [0.2, 0.25) is 0 Å². The standard InChI is InChI=1S/C11H14N2OS2/c1-7(2)3-10-13-9(6-15-10)11-12-8(4-14)5-16-11/h5-7,14H,3-4H2,1-2H3. The summed E-state index contributed by atoms with van der Waals surface area (Å²) in [6, 6.07) is 0. The first kappa shape index (κ1) is 11.7. The highest BCUT2D eigenvalue weighted by molar-refractivity contribution is 7.14. The van der Waals surface area contributed by atoms with Crippen molar-refractivity contribution in [3.8, 4) is 10.7 Å². The van der Waals surface area contributed by atoms with Gasteiger partial charge in [-0.05, 0) is 5.92 Å². The zero-order valence-electron chi connectivity index (χ0n) is 9.30. The molecule has 0 fully saturated rings. The first-order chi connectivity index (χ1) is 7.69. The van der Waals surface area contributed by atoms with E-state index in [1.165, 1.54) is 11.3 Å². The second kappa shape index (κ2) is 5.03. The molecule has 0 amide bonds. The van der Waals surface area contributed by atoms with Gasteiger partial charge in [0, 0.05) is 17.2 Å². The minimum absolute atomic E-state index is 0.000508. The smallest absolute Gasteiger partial charge is 0.143 e. The number of nitrogens with zero attached hydrogens (tertiary/aromatic N) is 2. The molecule has 3 nitrogen and oxygen atoms in total. The van der Waals surface area contributed by atoms with E-state index < -0.39 is 0 Å². The van der Waals surface area contributed by atoms with Gasteiger partial charge in [-0.2, -0.15) is 0 Å². The topological polar surface area (TPSA) is 46.0 Å². The van der Waals surface area contributed by atoms with Crippen LogP contribution in [0, 0.1) is 5.92 Å². The fraction of sp³-hybridized carbons (Fsp3) is 0.455. The number of aliphatic hydroxyl groups excluding tert-OH is 1. The molecule has 2 aromatic rings. The lowest BCUT2D eigenvalue weighted by atomic mass is 10.1. The zero-order valence-corrected chi connectivity index (χ0v) is 10.9. The second-order valence-electron chi connectivity index (χ2n) is 4.03. The van der Waals surface area contributed by atoms with Crippen molar-refractivity contribution in [2.24, 2.45) is 5.92 Å². The fourth-order valence-electron chi connectivity index (χ4n) is 1.35. The van der Waals surface area contributed by atoms with Crippen LogP contribution in [0.25, 0.3) is 10.7 Å². The molecule has 0 saturated heterocycles. The summed E-state index contributed by atoms with van der Waals surface area (Å²) in [7, 11) is 0. The molecule has 0 radical (unpaired) electrons. The Morgan fingerprint density at radius 2 is 2.06 bits per heavy atom. The average molecular weight is 254 g/mol. The molecule has 2 heterocycles. The van der Waals surface area contributed by atoms with E-state index in [-0.39, 0.29) is 6.61 Å². The summed E-state index contributed by atoms with van der Waals surface area (Å²) >= 11 is 3.22. The van der Waals surface area contributed by atoms with Crippen molar-refractivity contribution in [3.63, 3.8) is 0 Å². The minimum Gasteiger partial charge on any atom is -0.390 e. The summed E-state index contributed by atoms with van der Waals surface area (Å²) in [6.07, 6.45) is 1.02. The Labute approximate surface area is 103 Å². The van der Waals surface area contributed by atoms with Crippen LogP contribution in [0.15, 0.2) is 10.8 Å². The third-order valence-electron chi connectivity index (χ3n) is 2.07. The van der Waals surface area contributed by atoms with Crippen LogP contribution in [0.4, 0.5) is 0 Å². The Balaban J connectivity index is 2.17. The van der Waals surface area contributed by atoms with Crippen molar-refractivity contribution in [1.29, 1.82) is 0 Å². The van der Waals surface area contributed by atoms with Crippen LogP contribution in [0.5, 0.6) is 0 Å². The molecule has 0 aliphatic heterocycles. The normalized spacial score (nSPS) is 11.2. The summed E-state index contributed by atoms with van der Waals surface area (Å²) < 4.78 is 0. The molecule has 0 saturated carbocycles. The van der Waals surface area contributed by atoms with E-state index >= 15 is 0 Å². The van der Waals surface area contributed by atoms with Gasteiger partial charge in [-0.25, -0.2) is 9.97 Å². The van der Waals surface area contributed by atoms with Crippen molar-refractivity contribution in [1.82, 2.24) is 9.97 Å². The van der Waals surface area contributed by atoms with Gasteiger partial charge in [-0.3, -0.25) is 0 Å². The van der Waals surface area contributed by atoms with Crippen LogP contribution < -0.4 is 0 Å². The van der Waals surface area contributed by atoms with Crippen molar-refractivity contribution in [2.45, 2.75) is 26.9 Å². The van der Waals surface area contributed by atoms with Crippen molar-refractivity contribution >= 4 is 22.7 Å². The predicted octanol–water partition coefficient (Wildman–Crippen LogP) is 2.96. The zero-order chi connectivity index (χ0) is 11.5. The fourth-order valence-corrected chi connectivity index (χ4v) is 3.19. The lowest BCUT2D eigenvalue weighted by molar-refractivity contribution is 0.278. The van der Waals surface area contributed by atoms with Gasteiger partial charge in [0.25, 0.3) is 0 Å². The average Bonchev–Trinajstić information content (AvgIpc) is 2.83. The molecule has 2 aromatic heterocycles. The van der Waals surface area contributed by atoms with Crippen molar-refractivity contribution in [2.75, 3.05) is 0 Å². The van der Waals surface area contributed by atoms with Gasteiger partial charge in [-0.15, -0.1) is 22.7 Å². The van der Waals surface area contributed by atoms with Gasteiger partial charge >= 0.3 is 0 Å². The molecule has 0 atom stereocenters. The Morgan fingerprint density at radius 1 is 1.25 bits per heavy atom. The number of thiazole rings is 2. The number of hydrogen-bond acceptors (Lipinski definition) is 5. The Hall–Kier alpha value is -0.780. The van der Waals surface area contributed by atoms with Gasteiger partial charge in [0.1, 0.15) is 10.7 Å². The molecule has 0 aromatic carbocycles. The van der Waals surface area contributed by atoms with Crippen LogP contribution in [0.2, 0.25) is 0 Å². The lowest BCUT2D eigenvalue weighted by Gasteiger charge is -1.98. The Bertz CT molecular complexity index is 462. The second-order valence-corrected chi connectivity index (χ2v) is 5.83. The number of rotatable bonds is 4. The summed E-state index contributed by atoms with van der Waals surface area (Å²) in [4.78, 5) is 8.86. The number of aliphatic hydroxyl groups is 1. The largest absolute Gasteiger partial charge is 0.390 e. The van der Waals surface area contributed by atoms with E-state index in [0.29, 0.717) is 5.92 Å². The van der Waals surface area contributed by atoms with E-state index in [2.05, 4.69) is 23.8 Å². The Morgan fingerprint density at radius 3 is 2.69 bits per heavy atom. The number of aromatic nitrogens is 2. The molecule has 0 aliphatic carbocycles. The first-order valence-electron chi connectivity index (χ1n) is 5.19. The van der Waals surface area contributed by atoms with Crippen molar-refractivity contribution in [3.05, 3.63) is 21.5 Å². The van der Waals surface area contributed by atoms with Crippen LogP contribution in [-0.4, -0.2) is 15.1 Å². The molecule has 86 valence electrons. The molecular weight excluding hydrogens is 240 g/mol. The van der Waals surface area contributed by atoms with E-state index in [1.807, 2.05) is 10.8 Å². The third kappa shape index (κ3) is 2.66. The minimum atomic E-state index is -0.000508. The van der Waals surface area contributed by atoms with E-state index in [9.17, 15) is 0 Å². The maximum Gasteiger partial charge on any atom is 0.143 e. The first-order valence-corrected chi connectivity index (χ1v) is 6.95. The maximum absolute atomic E-state index is 8.95. The maximum atomic E-state index is 8.95. The summed E-state index contributed by atoms with van der Waals surface area (Å²) in [5, 5.41) is 14.9. The molecule has 16 heavy (non-hydrogen) atoms. The summed E-state index contributed by atoms with van der Waals surface area (Å²) in [5.41, 5.74) is 1.66. The van der Waals surface area contributed by atoms with Gasteiger partial charge < -0.3 is 5.11 Å². The quantitative estimate of drug-likeness (QED) is 0.912. The van der Waals surface area contributed by atoms with E-state index in [1.54, 1.807) is 11.3 Å². The molecule has 0 bridgehead atoms. The Kier molecular flexibility index (Phi) is 3.68. The summed E-state index contributed by atoms with van der Waals surface area (Å²) in [6.45, 7) is 4.38. The van der Waals surface area contributed by atoms with E-state index in [4.69, 9.17) is 5.11 Å².